The molecule has 31 heteroatoms. The Morgan fingerprint density at radius 2 is 0.530 bits per heavy atom. The highest BCUT2D eigenvalue weighted by Gasteiger charge is 2.38. The zero-order valence-corrected chi connectivity index (χ0v) is 70.8. The molecule has 0 saturated carbocycles. The summed E-state index contributed by atoms with van der Waals surface area (Å²) in [4.78, 5) is 0. The third-order valence-electron chi connectivity index (χ3n) is 6.64. The fourth-order valence-corrected chi connectivity index (χ4v) is 66.6. The van der Waals surface area contributed by atoms with Crippen LogP contribution in [0.4, 0.5) is 0 Å². The van der Waals surface area contributed by atoms with Gasteiger partial charge in [0.05, 0.1) is 0 Å². The van der Waals surface area contributed by atoms with E-state index in [4.69, 9.17) is 53.5 Å². The summed E-state index contributed by atoms with van der Waals surface area (Å²) in [5, 5.41) is 0. The molecule has 0 aliphatic heterocycles. The molecule has 0 saturated heterocycles. The first-order valence-electron chi connectivity index (χ1n) is 24.4. The summed E-state index contributed by atoms with van der Waals surface area (Å²) in [6, 6.07) is 0. The van der Waals surface area contributed by atoms with Crippen molar-refractivity contribution in [1.29, 1.82) is 0 Å². The quantitative estimate of drug-likeness (QED) is 0.0808. The lowest BCUT2D eigenvalue weighted by molar-refractivity contribution is 0.342. The van der Waals surface area contributed by atoms with Crippen molar-refractivity contribution in [3.05, 3.63) is 0 Å². The first-order chi connectivity index (χ1) is 28.6. The summed E-state index contributed by atoms with van der Waals surface area (Å²) < 4.78 is 77.0. The van der Waals surface area contributed by atoms with E-state index in [0.717, 1.165) is 10.5 Å². The third kappa shape index (κ3) is 61.7. The van der Waals surface area contributed by atoms with Crippen LogP contribution in [0.1, 0.15) is 0 Å². The van der Waals surface area contributed by atoms with E-state index >= 15 is 0 Å². The average Bonchev–Trinajstić information content (AvgIpc) is 2.89. The first-order valence-corrected chi connectivity index (χ1v) is 73.1. The molecule has 0 aliphatic carbocycles. The Morgan fingerprint density at radius 1 is 0.288 bits per heavy atom. The molecule has 0 bridgehead atoms. The highest BCUT2D eigenvalue weighted by molar-refractivity contribution is 6.86. The molecule has 0 amide bonds. The summed E-state index contributed by atoms with van der Waals surface area (Å²) in [5.41, 5.74) is 0. The molecule has 0 spiro atoms. The molecule has 0 fully saturated rings. The van der Waals surface area contributed by atoms with Crippen molar-refractivity contribution < 1.29 is 53.5 Å². The molecule has 406 valence electrons. The van der Waals surface area contributed by atoms with Crippen LogP contribution < -0.4 is 0 Å². The summed E-state index contributed by atoms with van der Waals surface area (Å²) in [5.74, 6) is 0. The minimum atomic E-state index is -1.98. The zero-order chi connectivity index (χ0) is 54.4. The average molecular weight is 1250 g/mol. The molecule has 0 rings (SSSR count). The number of hydrogen-bond acceptors (Lipinski definition) is 13. The van der Waals surface area contributed by atoms with Crippen LogP contribution in [0.5, 0.6) is 0 Å². The van der Waals surface area contributed by atoms with Gasteiger partial charge in [-0.2, -0.15) is 0 Å². The van der Waals surface area contributed by atoms with Crippen LogP contribution in [0.15, 0.2) is 0 Å². The van der Waals surface area contributed by atoms with E-state index in [1.807, 2.05) is 0 Å². The van der Waals surface area contributed by atoms with E-state index in [-0.39, 0.29) is 9.76 Å². The fourth-order valence-electron chi connectivity index (χ4n) is 6.96. The van der Waals surface area contributed by atoms with Gasteiger partial charge >= 0.3 is 59.9 Å². The predicted molar refractivity (Wildman–Crippen MR) is 338 cm³/mol. The van der Waals surface area contributed by atoms with Crippen LogP contribution in [0.3, 0.4) is 0 Å². The fraction of sp³-hybridized carbons (Fsp3) is 1.00. The van der Waals surface area contributed by atoms with Crippen LogP contribution in [0.25, 0.3) is 0 Å². The molecule has 13 nitrogen and oxygen atoms in total. The summed E-state index contributed by atoms with van der Waals surface area (Å²) >= 11 is 0. The van der Waals surface area contributed by atoms with Crippen LogP contribution in [0.2, 0.25) is 229 Å². The summed E-state index contributed by atoms with van der Waals surface area (Å²) in [6.07, 6.45) is 0. The molecule has 0 aromatic heterocycles. The van der Waals surface area contributed by atoms with E-state index in [2.05, 4.69) is 229 Å². The first kappa shape index (κ1) is 78.3. The molecule has 66 heavy (non-hydrogen) atoms. The smallest absolute Gasteiger partial charge is 0.312 e. The molecule has 0 aliphatic rings. The van der Waals surface area contributed by atoms with E-state index in [1.54, 1.807) is 0 Å². The molecule has 0 aromatic rings. The van der Waals surface area contributed by atoms with Gasteiger partial charge in [0.1, 0.15) is 20.2 Å². The Labute approximate surface area is 438 Å². The Bertz CT molecular complexity index is 1220. The van der Waals surface area contributed by atoms with Crippen LogP contribution >= 0.6 is 0 Å². The molecule has 0 N–H and O–H groups in total. The maximum atomic E-state index is 6.14. The Kier molecular flexibility index (Phi) is 40.5. The lowest BCUT2D eigenvalue weighted by Gasteiger charge is -2.34. The van der Waals surface area contributed by atoms with Crippen molar-refractivity contribution in [3.63, 3.8) is 0 Å². The van der Waals surface area contributed by atoms with Gasteiger partial charge in [0.25, 0.3) is 9.28 Å². The highest BCUT2D eigenvalue weighted by atomic mass is 28.5. The molecule has 0 heterocycles. The van der Waals surface area contributed by atoms with Crippen molar-refractivity contribution >= 4 is 160 Å². The minimum absolute atomic E-state index is 0.371. The van der Waals surface area contributed by atoms with Crippen LogP contribution in [0, 0.1) is 0 Å². The van der Waals surface area contributed by atoms with Crippen LogP contribution in [-0.4, -0.2) is 160 Å². The van der Waals surface area contributed by atoms with E-state index in [1.165, 1.54) is 0 Å². The monoisotopic (exact) mass is 1250 g/mol. The second-order valence-corrected chi connectivity index (χ2v) is 80.9. The maximum absolute atomic E-state index is 6.14. The zero-order valence-electron chi connectivity index (χ0n) is 50.5. The minimum Gasteiger partial charge on any atom is -0.445 e. The van der Waals surface area contributed by atoms with E-state index in [0.29, 0.717) is 0 Å². The van der Waals surface area contributed by atoms with Gasteiger partial charge in [0.2, 0.25) is 0 Å². The van der Waals surface area contributed by atoms with Crippen molar-refractivity contribution in [1.82, 2.24) is 0 Å². The Balaban J connectivity index is -0.000000236. The largest absolute Gasteiger partial charge is 0.445 e. The Morgan fingerprint density at radius 3 is 0.758 bits per heavy atom. The number of hydrogen-bond donors (Lipinski definition) is 0. The van der Waals surface area contributed by atoms with Gasteiger partial charge in [-0.3, -0.25) is 0 Å². The van der Waals surface area contributed by atoms with Crippen molar-refractivity contribution in [2.45, 2.75) is 229 Å². The second kappa shape index (κ2) is 34.1. The maximum Gasteiger partial charge on any atom is 0.312 e. The van der Waals surface area contributed by atoms with E-state index < -0.39 is 139 Å². The van der Waals surface area contributed by atoms with Crippen molar-refractivity contribution in [3.8, 4) is 0 Å². The van der Waals surface area contributed by atoms with Gasteiger partial charge in [0.15, 0.2) is 70.2 Å². The van der Waals surface area contributed by atoms with Gasteiger partial charge in [-0.15, -0.1) is 0 Å². The van der Waals surface area contributed by atoms with Gasteiger partial charge in [-0.05, 0) is 223 Å². The molecule has 1 unspecified atom stereocenters. The standard InChI is InChI=1S/C9H28O3Si4.C7H24O3Si4.C7H22O2Si3.C6H22O3Si4.C6H20O2Si3/c1-13(10-14(2,3)4)11-16(8,9)12-15(5,6)7;1-11-8-13(4,5)10-14(6,7)9-12(2)3;1-10(2)8-12(6,7)9-11(3,4)5;1-11(2)8-13(5,6)9-12(3,4)7-10;1-9(2)7-11(5,6)8-10(3)4/h13H,1-9H3;12H,11H2,1-7H3;10H,1-7H3;11H,1-6,10H3;9-10H,1-6H3. The lowest BCUT2D eigenvalue weighted by Crippen LogP contribution is -2.50. The van der Waals surface area contributed by atoms with Gasteiger partial charge in [-0.25, -0.2) is 0 Å². The second-order valence-electron chi connectivity index (χ2n) is 23.8. The SMILES string of the molecule is C[SiH2]O[Si](C)(C)O[Si](C)(C)O[SiH](C)C.C[SiH](C)O[Si](C)(C)O[SiH](C)C.C[SiH](C)O[Si](C)(C)O[Si](C)(C)C.C[SiH](C)O[Si](C)(C)O[Si](C)(C)O[SiH3].C[SiH](O[Si](C)(C)C)O[Si](C)(C)O[Si](C)(C)C. The molecular formula is C35H116O13Si18. The van der Waals surface area contributed by atoms with Crippen molar-refractivity contribution in [2.24, 2.45) is 0 Å². The van der Waals surface area contributed by atoms with Gasteiger partial charge in [0, 0.05) is 0 Å². The lowest BCUT2D eigenvalue weighted by atomic mass is 11.8. The van der Waals surface area contributed by atoms with Gasteiger partial charge < -0.3 is 53.5 Å². The highest BCUT2D eigenvalue weighted by Crippen LogP contribution is 2.20. The van der Waals surface area contributed by atoms with Crippen molar-refractivity contribution in [2.75, 3.05) is 0 Å². The molecule has 0 aromatic carbocycles. The van der Waals surface area contributed by atoms with Crippen LogP contribution in [-0.2, 0) is 53.5 Å². The summed E-state index contributed by atoms with van der Waals surface area (Å²) in [7, 11) is -23.2. The van der Waals surface area contributed by atoms with Gasteiger partial charge in [-0.1, -0.05) is 6.55 Å². The molecular weight excluding hydrogens is 1130 g/mol. The van der Waals surface area contributed by atoms with E-state index in [9.17, 15) is 0 Å². The molecule has 0 radical (unpaired) electrons. The normalized spacial score (nSPS) is 14.5. The topological polar surface area (TPSA) is 120 Å². The number of rotatable bonds is 25. The molecule has 1 atom stereocenters. The third-order valence-corrected chi connectivity index (χ3v) is 59.7. The predicted octanol–water partition coefficient (Wildman–Crippen LogP) is 9.74. The Hall–Kier alpha value is 3.38. The summed E-state index contributed by atoms with van der Waals surface area (Å²) in [6.45, 7) is 75.7.